The molecule has 1 heterocycles. The maximum atomic E-state index is 13.0. The Labute approximate surface area is 166 Å². The quantitative estimate of drug-likeness (QED) is 0.769. The Morgan fingerprint density at radius 1 is 1.07 bits per heavy atom. The second-order valence-corrected chi connectivity index (χ2v) is 7.04. The molecule has 1 fully saturated rings. The summed E-state index contributed by atoms with van der Waals surface area (Å²) in [6, 6.07) is 13.3. The average Bonchev–Trinajstić information content (AvgIpc) is 3.22. The van der Waals surface area contributed by atoms with Crippen molar-refractivity contribution in [2.45, 2.75) is 31.8 Å². The van der Waals surface area contributed by atoms with Crippen LogP contribution in [0, 0.1) is 0 Å². The summed E-state index contributed by atoms with van der Waals surface area (Å²) in [4.78, 5) is 14.2. The highest BCUT2D eigenvalue weighted by Crippen LogP contribution is 2.32. The van der Waals surface area contributed by atoms with Crippen molar-refractivity contribution in [3.63, 3.8) is 0 Å². The molecule has 1 amide bonds. The molecular weight excluding hydrogens is 356 g/mol. The normalized spacial score (nSPS) is 19.7. The van der Waals surface area contributed by atoms with Crippen molar-refractivity contribution in [3.8, 4) is 17.2 Å². The number of amides is 1. The van der Waals surface area contributed by atoms with E-state index in [2.05, 4.69) is 5.32 Å². The molecule has 2 aromatic carbocycles. The third-order valence-electron chi connectivity index (χ3n) is 5.53. The zero-order chi connectivity index (χ0) is 20.1. The van der Waals surface area contributed by atoms with E-state index in [1.54, 1.807) is 21.3 Å². The Hall–Kier alpha value is -2.73. The zero-order valence-electron chi connectivity index (χ0n) is 17.0. The van der Waals surface area contributed by atoms with Gasteiger partial charge in [0, 0.05) is 12.8 Å². The monoisotopic (exact) mass is 385 g/mol. The molecule has 1 aliphatic heterocycles. The van der Waals surface area contributed by atoms with E-state index in [0.29, 0.717) is 11.4 Å². The average molecular weight is 385 g/mol. The smallest absolute Gasteiger partial charge is 0.282 e. The summed E-state index contributed by atoms with van der Waals surface area (Å²) in [6.45, 7) is 2.91. The van der Waals surface area contributed by atoms with E-state index in [0.717, 1.165) is 36.4 Å². The number of carbonyl (C=O) groups is 1. The first-order valence-electron chi connectivity index (χ1n) is 9.60. The van der Waals surface area contributed by atoms with Gasteiger partial charge in [-0.05, 0) is 37.3 Å². The summed E-state index contributed by atoms with van der Waals surface area (Å²) >= 11 is 0. The number of quaternary nitrogens is 1. The van der Waals surface area contributed by atoms with Crippen molar-refractivity contribution in [2.75, 3.05) is 33.2 Å². The van der Waals surface area contributed by atoms with E-state index in [4.69, 9.17) is 14.2 Å². The van der Waals surface area contributed by atoms with Crippen LogP contribution in [0.25, 0.3) is 0 Å². The summed E-state index contributed by atoms with van der Waals surface area (Å²) in [5.74, 6) is 2.27. The van der Waals surface area contributed by atoms with Crippen LogP contribution in [-0.4, -0.2) is 39.8 Å². The highest BCUT2D eigenvalue weighted by atomic mass is 16.5. The van der Waals surface area contributed by atoms with Crippen LogP contribution in [0.15, 0.2) is 42.5 Å². The van der Waals surface area contributed by atoms with E-state index < -0.39 is 0 Å². The molecule has 0 aromatic heterocycles. The number of methoxy groups -OCH3 is 3. The predicted molar refractivity (Wildman–Crippen MR) is 108 cm³/mol. The van der Waals surface area contributed by atoms with Crippen molar-refractivity contribution < 1.29 is 23.9 Å². The molecule has 150 valence electrons. The first-order chi connectivity index (χ1) is 13.6. The molecule has 6 heteroatoms. The summed E-state index contributed by atoms with van der Waals surface area (Å²) in [5, 5.41) is 3.02. The Kier molecular flexibility index (Phi) is 6.41. The van der Waals surface area contributed by atoms with E-state index in [9.17, 15) is 4.79 Å². The lowest BCUT2D eigenvalue weighted by Crippen LogP contribution is -3.15. The minimum Gasteiger partial charge on any atom is -0.497 e. The number of para-hydroxylation sites is 2. The highest BCUT2D eigenvalue weighted by Gasteiger charge is 2.38. The number of nitrogens with one attached hydrogen (secondary N) is 2. The Morgan fingerprint density at radius 3 is 2.54 bits per heavy atom. The standard InChI is InChI=1S/C22H28N2O4/c1-15(22(25)23-18-8-5-6-10-21(18)28-4)24-13-7-9-19(24)17-14-16(26-2)11-12-20(17)27-3/h5-6,8,10-12,14-15,19H,7,9,13H2,1-4H3,(H,23,25)/p+1/t15-,19-/m1/s1. The summed E-state index contributed by atoms with van der Waals surface area (Å²) in [5.41, 5.74) is 1.78. The minimum absolute atomic E-state index is 0.0201. The number of benzene rings is 2. The second-order valence-electron chi connectivity index (χ2n) is 7.04. The van der Waals surface area contributed by atoms with Crippen LogP contribution in [0.4, 0.5) is 5.69 Å². The number of anilines is 1. The fourth-order valence-corrected chi connectivity index (χ4v) is 4.01. The molecule has 6 nitrogen and oxygen atoms in total. The Morgan fingerprint density at radius 2 is 1.82 bits per heavy atom. The zero-order valence-corrected chi connectivity index (χ0v) is 17.0. The first kappa shape index (κ1) is 20.0. The summed E-state index contributed by atoms with van der Waals surface area (Å²) in [7, 11) is 4.94. The molecule has 1 aliphatic rings. The second kappa shape index (κ2) is 8.97. The molecule has 0 bridgehead atoms. The van der Waals surface area contributed by atoms with Gasteiger partial charge in [-0.15, -0.1) is 0 Å². The van der Waals surface area contributed by atoms with E-state index >= 15 is 0 Å². The Balaban J connectivity index is 1.81. The van der Waals surface area contributed by atoms with Crippen LogP contribution in [0.1, 0.15) is 31.4 Å². The molecule has 1 unspecified atom stereocenters. The molecule has 0 spiro atoms. The lowest BCUT2D eigenvalue weighted by Gasteiger charge is -2.28. The third-order valence-corrected chi connectivity index (χ3v) is 5.53. The van der Waals surface area contributed by atoms with Crippen molar-refractivity contribution >= 4 is 11.6 Å². The van der Waals surface area contributed by atoms with Gasteiger partial charge in [0.05, 0.1) is 39.1 Å². The van der Waals surface area contributed by atoms with Crippen molar-refractivity contribution in [1.82, 2.24) is 0 Å². The van der Waals surface area contributed by atoms with Gasteiger partial charge in [-0.25, -0.2) is 0 Å². The number of hydrogen-bond acceptors (Lipinski definition) is 4. The number of rotatable bonds is 7. The molecule has 1 saturated heterocycles. The molecule has 0 radical (unpaired) electrons. The molecule has 2 aromatic rings. The SMILES string of the molecule is COc1ccc(OC)c([C@H]2CCC[NH+]2[C@H](C)C(=O)Nc2ccccc2OC)c1. The van der Waals surface area contributed by atoms with Crippen LogP contribution >= 0.6 is 0 Å². The third kappa shape index (κ3) is 4.07. The number of hydrogen-bond donors (Lipinski definition) is 2. The number of ether oxygens (including phenoxy) is 3. The minimum atomic E-state index is -0.215. The van der Waals surface area contributed by atoms with E-state index in [-0.39, 0.29) is 18.0 Å². The van der Waals surface area contributed by atoms with Gasteiger partial charge < -0.3 is 24.4 Å². The fourth-order valence-electron chi connectivity index (χ4n) is 4.01. The lowest BCUT2D eigenvalue weighted by atomic mass is 10.0. The van der Waals surface area contributed by atoms with Gasteiger partial charge >= 0.3 is 0 Å². The lowest BCUT2D eigenvalue weighted by molar-refractivity contribution is -0.932. The maximum Gasteiger partial charge on any atom is 0.282 e. The van der Waals surface area contributed by atoms with Crippen LogP contribution in [0.3, 0.4) is 0 Å². The van der Waals surface area contributed by atoms with Gasteiger partial charge in [0.25, 0.3) is 5.91 Å². The molecule has 2 N–H and O–H groups in total. The molecular formula is C22H29N2O4+. The number of carbonyl (C=O) groups excluding carboxylic acids is 1. The van der Waals surface area contributed by atoms with Crippen LogP contribution < -0.4 is 24.4 Å². The van der Waals surface area contributed by atoms with Gasteiger partial charge in [0.2, 0.25) is 0 Å². The van der Waals surface area contributed by atoms with Crippen molar-refractivity contribution in [3.05, 3.63) is 48.0 Å². The van der Waals surface area contributed by atoms with E-state index in [1.807, 2.05) is 49.4 Å². The summed E-state index contributed by atoms with van der Waals surface area (Å²) in [6.07, 6.45) is 2.07. The fraction of sp³-hybridized carbons (Fsp3) is 0.409. The predicted octanol–water partition coefficient (Wildman–Crippen LogP) is 2.46. The maximum absolute atomic E-state index is 13.0. The highest BCUT2D eigenvalue weighted by molar-refractivity contribution is 5.95. The largest absolute Gasteiger partial charge is 0.497 e. The van der Waals surface area contributed by atoms with Gasteiger partial charge in [-0.3, -0.25) is 4.79 Å². The molecule has 0 saturated carbocycles. The van der Waals surface area contributed by atoms with Gasteiger partial charge in [-0.1, -0.05) is 12.1 Å². The van der Waals surface area contributed by atoms with Gasteiger partial charge in [-0.2, -0.15) is 0 Å². The van der Waals surface area contributed by atoms with Crippen molar-refractivity contribution in [2.24, 2.45) is 0 Å². The van der Waals surface area contributed by atoms with Crippen LogP contribution in [-0.2, 0) is 4.79 Å². The van der Waals surface area contributed by atoms with Gasteiger partial charge in [0.15, 0.2) is 6.04 Å². The molecule has 3 rings (SSSR count). The Bertz CT molecular complexity index is 824. The molecule has 0 aliphatic carbocycles. The number of likely N-dealkylation sites (tertiary alicyclic amines) is 1. The topological polar surface area (TPSA) is 61.2 Å². The molecule has 3 atom stereocenters. The first-order valence-corrected chi connectivity index (χ1v) is 9.60. The van der Waals surface area contributed by atoms with Crippen LogP contribution in [0.5, 0.6) is 17.2 Å². The van der Waals surface area contributed by atoms with Gasteiger partial charge in [0.1, 0.15) is 23.3 Å². The van der Waals surface area contributed by atoms with Crippen LogP contribution in [0.2, 0.25) is 0 Å². The summed E-state index contributed by atoms with van der Waals surface area (Å²) < 4.78 is 16.3. The van der Waals surface area contributed by atoms with Crippen molar-refractivity contribution in [1.29, 1.82) is 0 Å². The van der Waals surface area contributed by atoms with E-state index in [1.165, 1.54) is 4.90 Å². The molecule has 28 heavy (non-hydrogen) atoms.